The van der Waals surface area contributed by atoms with Gasteiger partial charge in [0.2, 0.25) is 0 Å². The molecule has 2 aromatic rings. The van der Waals surface area contributed by atoms with Crippen LogP contribution in [0.3, 0.4) is 0 Å². The van der Waals surface area contributed by atoms with Gasteiger partial charge in [-0.2, -0.15) is 0 Å². The van der Waals surface area contributed by atoms with Crippen LogP contribution in [-0.4, -0.2) is 15.9 Å². The second-order valence-electron chi connectivity index (χ2n) is 5.41. The molecule has 0 aliphatic carbocycles. The Labute approximate surface area is 132 Å². The zero-order valence-electron chi connectivity index (χ0n) is 11.6. The number of anilines is 1. The molecule has 0 spiro atoms. The number of alkyl halides is 1. The van der Waals surface area contributed by atoms with E-state index in [1.54, 1.807) is 29.4 Å². The van der Waals surface area contributed by atoms with E-state index in [0.29, 0.717) is 28.0 Å². The minimum absolute atomic E-state index is 0.104. The number of amides is 1. The molecule has 1 aliphatic heterocycles. The van der Waals surface area contributed by atoms with Gasteiger partial charge in [0.05, 0.1) is 28.7 Å². The molecule has 1 aliphatic rings. The third-order valence-electron chi connectivity index (χ3n) is 3.63. The van der Waals surface area contributed by atoms with Crippen LogP contribution in [-0.2, 0) is 11.4 Å². The fraction of sp³-hybridized carbons (Fsp3) is 0.267. The average Bonchev–Trinajstić information content (AvgIpc) is 2.66. The van der Waals surface area contributed by atoms with Gasteiger partial charge >= 0.3 is 0 Å². The fourth-order valence-electron chi connectivity index (χ4n) is 2.66. The monoisotopic (exact) mass is 321 g/mol. The fourth-order valence-corrected chi connectivity index (χ4v) is 2.96. The highest BCUT2D eigenvalue weighted by atomic mass is 35.5. The lowest BCUT2D eigenvalue weighted by atomic mass is 9.99. The first-order valence-electron chi connectivity index (χ1n) is 6.46. The molecular weight excluding hydrogens is 309 g/mol. The molecule has 0 unspecified atom stereocenters. The number of aromatic nitrogens is 2. The quantitative estimate of drug-likeness (QED) is 0.625. The van der Waals surface area contributed by atoms with Crippen molar-refractivity contribution in [3.8, 4) is 0 Å². The van der Waals surface area contributed by atoms with Crippen LogP contribution in [0.2, 0.25) is 5.15 Å². The normalized spacial score (nSPS) is 16.2. The summed E-state index contributed by atoms with van der Waals surface area (Å²) in [4.78, 5) is 22.9. The zero-order valence-corrected chi connectivity index (χ0v) is 13.1. The van der Waals surface area contributed by atoms with Crippen molar-refractivity contribution in [3.05, 3.63) is 52.6 Å². The smallest absolute Gasteiger partial charge is 0.261 e. The lowest BCUT2D eigenvalue weighted by Crippen LogP contribution is -2.39. The van der Waals surface area contributed by atoms with Crippen LogP contribution in [0.15, 0.2) is 30.6 Å². The number of rotatable bonds is 2. The van der Waals surface area contributed by atoms with Gasteiger partial charge in [-0.25, -0.2) is 4.98 Å². The molecule has 0 saturated carbocycles. The summed E-state index contributed by atoms with van der Waals surface area (Å²) >= 11 is 11.8. The SMILES string of the molecule is CC1(C)c2nc(Cl)ccc2C(=O)N1c1cncc(CCl)c1. The predicted octanol–water partition coefficient (Wildman–Crippen LogP) is 3.76. The van der Waals surface area contributed by atoms with Crippen LogP contribution in [0.25, 0.3) is 0 Å². The Morgan fingerprint density at radius 1 is 1.29 bits per heavy atom. The van der Waals surface area contributed by atoms with Gasteiger partial charge in [-0.05, 0) is 37.6 Å². The Kier molecular flexibility index (Phi) is 3.38. The van der Waals surface area contributed by atoms with Crippen molar-refractivity contribution in [1.29, 1.82) is 0 Å². The summed E-state index contributed by atoms with van der Waals surface area (Å²) in [6.07, 6.45) is 3.34. The molecule has 0 N–H and O–H groups in total. The number of hydrogen-bond donors (Lipinski definition) is 0. The van der Waals surface area contributed by atoms with Crippen LogP contribution >= 0.6 is 23.2 Å². The van der Waals surface area contributed by atoms with E-state index in [9.17, 15) is 4.79 Å². The molecule has 3 heterocycles. The number of fused-ring (bicyclic) bond motifs is 1. The Morgan fingerprint density at radius 2 is 2.05 bits per heavy atom. The van der Waals surface area contributed by atoms with Crippen molar-refractivity contribution in [2.24, 2.45) is 0 Å². The Hall–Kier alpha value is -1.65. The molecule has 0 fully saturated rings. The molecule has 0 saturated heterocycles. The van der Waals surface area contributed by atoms with Crippen LogP contribution < -0.4 is 4.90 Å². The van der Waals surface area contributed by atoms with Crippen LogP contribution in [0.5, 0.6) is 0 Å². The van der Waals surface area contributed by atoms with Gasteiger partial charge in [-0.3, -0.25) is 14.7 Å². The second-order valence-corrected chi connectivity index (χ2v) is 6.07. The molecule has 3 rings (SSSR count). The second kappa shape index (κ2) is 4.97. The van der Waals surface area contributed by atoms with Crippen molar-refractivity contribution < 1.29 is 4.79 Å². The van der Waals surface area contributed by atoms with Gasteiger partial charge < -0.3 is 0 Å². The first-order valence-corrected chi connectivity index (χ1v) is 7.38. The largest absolute Gasteiger partial charge is 0.295 e. The van der Waals surface area contributed by atoms with E-state index >= 15 is 0 Å². The lowest BCUT2D eigenvalue weighted by molar-refractivity contribution is 0.0982. The number of nitrogens with zero attached hydrogens (tertiary/aromatic N) is 3. The Morgan fingerprint density at radius 3 is 2.76 bits per heavy atom. The molecule has 0 bridgehead atoms. The van der Waals surface area contributed by atoms with E-state index in [-0.39, 0.29) is 5.91 Å². The maximum Gasteiger partial charge on any atom is 0.261 e. The summed E-state index contributed by atoms with van der Waals surface area (Å²) in [6.45, 7) is 3.88. The molecular formula is C15H13Cl2N3O. The molecule has 1 amide bonds. The van der Waals surface area contributed by atoms with Gasteiger partial charge in [0.25, 0.3) is 5.91 Å². The van der Waals surface area contributed by atoms with Crippen molar-refractivity contribution in [1.82, 2.24) is 9.97 Å². The highest BCUT2D eigenvalue weighted by Gasteiger charge is 2.45. The van der Waals surface area contributed by atoms with E-state index < -0.39 is 5.54 Å². The minimum atomic E-state index is -0.593. The number of carbonyl (C=O) groups is 1. The summed E-state index contributed by atoms with van der Waals surface area (Å²) in [5.41, 5.74) is 2.22. The Bertz CT molecular complexity index is 731. The lowest BCUT2D eigenvalue weighted by Gasteiger charge is -2.31. The first-order chi connectivity index (χ1) is 9.95. The summed E-state index contributed by atoms with van der Waals surface area (Å²) in [6, 6.07) is 5.21. The number of pyridine rings is 2. The topological polar surface area (TPSA) is 46.1 Å². The third-order valence-corrected chi connectivity index (χ3v) is 4.15. The van der Waals surface area contributed by atoms with Crippen molar-refractivity contribution in [2.45, 2.75) is 25.3 Å². The van der Waals surface area contributed by atoms with E-state index in [0.717, 1.165) is 5.56 Å². The van der Waals surface area contributed by atoms with E-state index in [4.69, 9.17) is 23.2 Å². The number of halogens is 2. The third kappa shape index (κ3) is 2.19. The van der Waals surface area contributed by atoms with E-state index in [1.165, 1.54) is 0 Å². The molecule has 21 heavy (non-hydrogen) atoms. The minimum Gasteiger partial charge on any atom is -0.295 e. The van der Waals surface area contributed by atoms with Gasteiger partial charge in [0.1, 0.15) is 5.15 Å². The maximum atomic E-state index is 12.7. The molecule has 108 valence electrons. The van der Waals surface area contributed by atoms with Crippen LogP contribution in [0.1, 0.15) is 35.5 Å². The van der Waals surface area contributed by atoms with Crippen LogP contribution in [0.4, 0.5) is 5.69 Å². The Balaban J connectivity index is 2.15. The predicted molar refractivity (Wildman–Crippen MR) is 82.9 cm³/mol. The molecule has 6 heteroatoms. The maximum absolute atomic E-state index is 12.7. The standard InChI is InChI=1S/C15H13Cl2N3O/c1-15(2)13-11(3-4-12(17)19-13)14(21)20(15)10-5-9(6-16)7-18-8-10/h3-5,7-8H,6H2,1-2H3. The van der Waals surface area contributed by atoms with E-state index in [1.807, 2.05) is 19.9 Å². The van der Waals surface area contributed by atoms with Crippen LogP contribution in [0, 0.1) is 0 Å². The van der Waals surface area contributed by atoms with Gasteiger partial charge in [-0.1, -0.05) is 11.6 Å². The summed E-state index contributed by atoms with van der Waals surface area (Å²) in [5.74, 6) is 0.244. The molecule has 2 aromatic heterocycles. The highest BCUT2D eigenvalue weighted by Crippen LogP contribution is 2.41. The number of carbonyl (C=O) groups excluding carboxylic acids is 1. The summed E-state index contributed by atoms with van der Waals surface area (Å²) < 4.78 is 0. The first kappa shape index (κ1) is 14.3. The summed E-state index contributed by atoms with van der Waals surface area (Å²) in [7, 11) is 0. The molecule has 0 atom stereocenters. The van der Waals surface area contributed by atoms with Crippen molar-refractivity contribution >= 4 is 34.8 Å². The van der Waals surface area contributed by atoms with Gasteiger partial charge in [0.15, 0.2) is 0 Å². The van der Waals surface area contributed by atoms with Crippen molar-refractivity contribution in [3.63, 3.8) is 0 Å². The average molecular weight is 322 g/mol. The molecule has 0 radical (unpaired) electrons. The summed E-state index contributed by atoms with van der Waals surface area (Å²) in [5, 5.41) is 0.379. The van der Waals surface area contributed by atoms with Gasteiger partial charge in [-0.15, -0.1) is 11.6 Å². The van der Waals surface area contributed by atoms with Gasteiger partial charge in [0, 0.05) is 12.1 Å². The number of hydrogen-bond acceptors (Lipinski definition) is 3. The van der Waals surface area contributed by atoms with Crippen molar-refractivity contribution in [2.75, 3.05) is 4.90 Å². The molecule has 4 nitrogen and oxygen atoms in total. The van der Waals surface area contributed by atoms with E-state index in [2.05, 4.69) is 9.97 Å². The highest BCUT2D eigenvalue weighted by molar-refractivity contribution is 6.29. The molecule has 0 aromatic carbocycles. The zero-order chi connectivity index (χ0) is 15.2.